The molecule has 3 N–H and O–H groups in total. The Bertz CT molecular complexity index is 433. The van der Waals surface area contributed by atoms with Crippen LogP contribution in [0.1, 0.15) is 136 Å². The molecule has 0 aromatic rings. The summed E-state index contributed by atoms with van der Waals surface area (Å²) in [5.41, 5.74) is 0. The molecule has 33 heavy (non-hydrogen) atoms. The average molecular weight is 473 g/mol. The highest BCUT2D eigenvalue weighted by atomic mass is 16.7. The van der Waals surface area contributed by atoms with Crippen LogP contribution in [-0.2, 0) is 9.47 Å². The summed E-state index contributed by atoms with van der Waals surface area (Å²) in [4.78, 5) is 0. The lowest BCUT2D eigenvalue weighted by Crippen LogP contribution is -2.57. The van der Waals surface area contributed by atoms with Crippen LogP contribution in [-0.4, -0.2) is 52.6 Å². The third kappa shape index (κ3) is 14.1. The Morgan fingerprint density at radius 2 is 1.03 bits per heavy atom. The summed E-state index contributed by atoms with van der Waals surface area (Å²) in [6.07, 6.45) is 18.5. The van der Waals surface area contributed by atoms with E-state index in [1.807, 2.05) is 0 Å². The van der Waals surface area contributed by atoms with Crippen LogP contribution in [0.15, 0.2) is 0 Å². The minimum Gasteiger partial charge on any atom is -0.388 e. The molecule has 198 valence electrons. The predicted octanol–water partition coefficient (Wildman–Crippen LogP) is 6.51. The molecule has 5 heteroatoms. The molecule has 0 spiro atoms. The Kier molecular flexibility index (Phi) is 18.7. The highest BCUT2D eigenvalue weighted by molar-refractivity contribution is 4.87. The fourth-order valence-corrected chi connectivity index (χ4v) is 4.83. The first-order chi connectivity index (χ1) is 16.0. The quantitative estimate of drug-likeness (QED) is 0.166. The average Bonchev–Trinajstić information content (AvgIpc) is 2.81. The summed E-state index contributed by atoms with van der Waals surface area (Å²) in [6, 6.07) is 0. The van der Waals surface area contributed by atoms with Crippen molar-refractivity contribution >= 4 is 0 Å². The second kappa shape index (κ2) is 20.0. The first-order valence-corrected chi connectivity index (χ1v) is 14.3. The molecule has 1 aliphatic heterocycles. The van der Waals surface area contributed by atoms with Gasteiger partial charge in [-0.2, -0.15) is 0 Å². The number of hydrogen-bond acceptors (Lipinski definition) is 5. The van der Waals surface area contributed by atoms with Crippen molar-refractivity contribution in [1.29, 1.82) is 0 Å². The molecule has 0 aliphatic carbocycles. The molecule has 1 aliphatic rings. The first kappa shape index (κ1) is 30.8. The van der Waals surface area contributed by atoms with Crippen LogP contribution >= 0.6 is 0 Å². The maximum absolute atomic E-state index is 10.2. The van der Waals surface area contributed by atoms with Gasteiger partial charge in [0.25, 0.3) is 0 Å². The monoisotopic (exact) mass is 472 g/mol. The van der Waals surface area contributed by atoms with Crippen molar-refractivity contribution in [2.75, 3.05) is 6.61 Å². The summed E-state index contributed by atoms with van der Waals surface area (Å²) < 4.78 is 11.6. The van der Waals surface area contributed by atoms with Gasteiger partial charge in [0, 0.05) is 0 Å². The molecular formula is C28H56O5. The van der Waals surface area contributed by atoms with Crippen molar-refractivity contribution in [3.8, 4) is 0 Å². The fraction of sp³-hybridized carbons (Fsp3) is 1.00. The van der Waals surface area contributed by atoms with Crippen molar-refractivity contribution in [2.45, 2.75) is 167 Å². The summed E-state index contributed by atoms with van der Waals surface area (Å²) in [7, 11) is 0. The predicted molar refractivity (Wildman–Crippen MR) is 136 cm³/mol. The normalized spacial score (nSPS) is 26.5. The van der Waals surface area contributed by atoms with Gasteiger partial charge in [-0.05, 0) is 25.7 Å². The van der Waals surface area contributed by atoms with Crippen LogP contribution in [0.5, 0.6) is 0 Å². The Hall–Kier alpha value is -0.200. The second-order valence-electron chi connectivity index (χ2n) is 10.4. The van der Waals surface area contributed by atoms with Crippen molar-refractivity contribution in [3.05, 3.63) is 0 Å². The number of rotatable bonds is 21. The third-order valence-corrected chi connectivity index (χ3v) is 7.24. The van der Waals surface area contributed by atoms with Gasteiger partial charge in [0.1, 0.15) is 18.3 Å². The lowest BCUT2D eigenvalue weighted by molar-refractivity contribution is -0.295. The number of unbranched alkanes of at least 4 members (excludes halogenated alkanes) is 14. The zero-order valence-electron chi connectivity index (χ0n) is 22.1. The molecule has 0 aromatic heterocycles. The van der Waals surface area contributed by atoms with E-state index in [1.54, 1.807) is 6.92 Å². The highest BCUT2D eigenvalue weighted by Gasteiger charge is 2.42. The second-order valence-corrected chi connectivity index (χ2v) is 10.4. The highest BCUT2D eigenvalue weighted by Crippen LogP contribution is 2.25. The molecule has 0 bridgehead atoms. The van der Waals surface area contributed by atoms with E-state index in [2.05, 4.69) is 13.8 Å². The smallest absolute Gasteiger partial charge is 0.186 e. The van der Waals surface area contributed by atoms with Gasteiger partial charge in [-0.1, -0.05) is 117 Å². The molecule has 0 aromatic carbocycles. The van der Waals surface area contributed by atoms with E-state index in [9.17, 15) is 15.3 Å². The van der Waals surface area contributed by atoms with Gasteiger partial charge in [-0.15, -0.1) is 0 Å². The van der Waals surface area contributed by atoms with Crippen molar-refractivity contribution in [2.24, 2.45) is 5.92 Å². The number of aliphatic hydroxyl groups excluding tert-OH is 3. The van der Waals surface area contributed by atoms with Crippen LogP contribution in [0, 0.1) is 5.92 Å². The van der Waals surface area contributed by atoms with Gasteiger partial charge in [0.05, 0.1) is 12.7 Å². The molecule has 0 amide bonds. The number of ether oxygens (including phenoxy) is 2. The Balaban J connectivity index is 2.30. The maximum atomic E-state index is 10.2. The van der Waals surface area contributed by atoms with Gasteiger partial charge >= 0.3 is 0 Å². The third-order valence-electron chi connectivity index (χ3n) is 7.24. The lowest BCUT2D eigenvalue weighted by Gasteiger charge is -2.39. The Labute approximate surface area is 204 Å². The molecule has 6 atom stereocenters. The summed E-state index contributed by atoms with van der Waals surface area (Å²) >= 11 is 0. The molecule has 1 heterocycles. The van der Waals surface area contributed by atoms with E-state index >= 15 is 0 Å². The minimum absolute atomic E-state index is 0.459. The van der Waals surface area contributed by atoms with Crippen LogP contribution in [0.2, 0.25) is 0 Å². The van der Waals surface area contributed by atoms with Gasteiger partial charge in [-0.3, -0.25) is 0 Å². The van der Waals surface area contributed by atoms with Crippen LogP contribution in [0.25, 0.3) is 0 Å². The van der Waals surface area contributed by atoms with E-state index in [1.165, 1.54) is 103 Å². The van der Waals surface area contributed by atoms with Crippen LogP contribution < -0.4 is 0 Å². The minimum atomic E-state index is -1.22. The van der Waals surface area contributed by atoms with Gasteiger partial charge in [-0.25, -0.2) is 0 Å². The Morgan fingerprint density at radius 3 is 1.48 bits per heavy atom. The van der Waals surface area contributed by atoms with Crippen molar-refractivity contribution < 1.29 is 24.8 Å². The van der Waals surface area contributed by atoms with Crippen LogP contribution in [0.3, 0.4) is 0 Å². The van der Waals surface area contributed by atoms with Crippen molar-refractivity contribution in [3.63, 3.8) is 0 Å². The number of aliphatic hydroxyl groups is 3. The van der Waals surface area contributed by atoms with Gasteiger partial charge in [0.15, 0.2) is 6.29 Å². The van der Waals surface area contributed by atoms with Gasteiger partial charge in [0.2, 0.25) is 0 Å². The van der Waals surface area contributed by atoms with Crippen LogP contribution in [0.4, 0.5) is 0 Å². The van der Waals surface area contributed by atoms with E-state index in [4.69, 9.17) is 9.47 Å². The topological polar surface area (TPSA) is 79.2 Å². The SMILES string of the molecule is CCCCCCCCCCCCC(CCCCCCCC)COC1O[C@@H](C)[C@H](O)[C@@H](O)[C@H]1O. The van der Waals surface area contributed by atoms with E-state index < -0.39 is 30.7 Å². The summed E-state index contributed by atoms with van der Waals surface area (Å²) in [5, 5.41) is 30.2. The van der Waals surface area contributed by atoms with Gasteiger partial charge < -0.3 is 24.8 Å². The van der Waals surface area contributed by atoms with E-state index in [-0.39, 0.29) is 0 Å². The molecule has 0 radical (unpaired) electrons. The molecule has 2 unspecified atom stereocenters. The first-order valence-electron chi connectivity index (χ1n) is 14.3. The lowest BCUT2D eigenvalue weighted by atomic mass is 9.94. The van der Waals surface area contributed by atoms with E-state index in [0.717, 1.165) is 12.8 Å². The zero-order chi connectivity index (χ0) is 24.3. The maximum Gasteiger partial charge on any atom is 0.186 e. The molecule has 1 fully saturated rings. The standard InChI is InChI=1S/C28H56O5/c1-4-6-8-10-12-13-14-15-17-19-21-24(20-18-16-11-9-7-5-2)22-32-28-27(31)26(30)25(29)23(3)33-28/h23-31H,4-22H2,1-3H3/t23-,24?,25-,26+,27+,28?/m0/s1. The molecule has 5 nitrogen and oxygen atoms in total. The van der Waals surface area contributed by atoms with E-state index in [0.29, 0.717) is 12.5 Å². The molecule has 1 saturated heterocycles. The zero-order valence-corrected chi connectivity index (χ0v) is 22.1. The fourth-order valence-electron chi connectivity index (χ4n) is 4.83. The van der Waals surface area contributed by atoms with Crippen molar-refractivity contribution in [1.82, 2.24) is 0 Å². The molecule has 0 saturated carbocycles. The largest absolute Gasteiger partial charge is 0.388 e. The number of hydrogen-bond donors (Lipinski definition) is 3. The Morgan fingerprint density at radius 1 is 0.606 bits per heavy atom. The summed E-state index contributed by atoms with van der Waals surface area (Å²) in [5.74, 6) is 0.459. The summed E-state index contributed by atoms with van der Waals surface area (Å²) in [6.45, 7) is 6.76. The molecule has 1 rings (SSSR count). The molecular weight excluding hydrogens is 416 g/mol.